The van der Waals surface area contributed by atoms with Gasteiger partial charge in [-0.3, -0.25) is 9.59 Å². The highest BCUT2D eigenvalue weighted by Crippen LogP contribution is 2.23. The Bertz CT molecular complexity index is 461. The van der Waals surface area contributed by atoms with Crippen molar-refractivity contribution >= 4 is 91.2 Å². The van der Waals surface area contributed by atoms with Crippen LogP contribution in [0, 0.1) is 0 Å². The smallest absolute Gasteiger partial charge is 0.367 e. The van der Waals surface area contributed by atoms with Gasteiger partial charge in [-0.2, -0.15) is 0 Å². The third kappa shape index (κ3) is 9.82. The fourth-order valence-electron chi connectivity index (χ4n) is 1.81. The van der Waals surface area contributed by atoms with E-state index in [1.54, 1.807) is 12.5 Å². The number of thioether (sulfide) groups is 2. The second-order valence-corrected chi connectivity index (χ2v) is 7.92. The van der Waals surface area contributed by atoms with Crippen molar-refractivity contribution in [3.8, 4) is 0 Å². The normalized spacial score (nSPS) is 15.2. The van der Waals surface area contributed by atoms with E-state index in [0.29, 0.717) is 0 Å². The highest BCUT2D eigenvalue weighted by molar-refractivity contribution is 14.1. The van der Waals surface area contributed by atoms with Crippen molar-refractivity contribution < 1.29 is 38.1 Å². The molecule has 8 nitrogen and oxygen atoms in total. The molecule has 0 N–H and O–H groups in total. The lowest BCUT2D eigenvalue weighted by atomic mass is 10.0. The number of carbonyl (C=O) groups excluding carboxylic acids is 4. The Morgan fingerprint density at radius 1 is 0.731 bits per heavy atom. The Morgan fingerprint density at radius 2 is 1.04 bits per heavy atom. The molecule has 0 heterocycles. The van der Waals surface area contributed by atoms with Gasteiger partial charge in [0.15, 0.2) is 24.4 Å². The summed E-state index contributed by atoms with van der Waals surface area (Å²) < 4.78 is 21.7. The van der Waals surface area contributed by atoms with Gasteiger partial charge >= 0.3 is 22.5 Å². The van der Waals surface area contributed by atoms with E-state index in [2.05, 4.69) is 0 Å². The van der Waals surface area contributed by atoms with Gasteiger partial charge in [0.05, 0.1) is 0 Å². The number of hydrogen-bond donors (Lipinski definition) is 0. The van der Waals surface area contributed by atoms with Crippen LogP contribution < -0.4 is 0 Å². The standard InChI is InChI=1S/C14H20I2O8S2/c1-7(17)21-11(9(5-15)23-13(19)25-3)12(22-8(2)18)10(6-16)24-14(20)26-4/h9-12H,5-6H2,1-4H3/t9-,10+,11+,12-. The van der Waals surface area contributed by atoms with Crippen molar-refractivity contribution in [2.24, 2.45) is 0 Å². The van der Waals surface area contributed by atoms with Crippen LogP contribution in [0.15, 0.2) is 0 Å². The lowest BCUT2D eigenvalue weighted by Gasteiger charge is -2.34. The van der Waals surface area contributed by atoms with Gasteiger partial charge in [0.25, 0.3) is 0 Å². The summed E-state index contributed by atoms with van der Waals surface area (Å²) in [5, 5.41) is -1.14. The van der Waals surface area contributed by atoms with Crippen LogP contribution in [0.1, 0.15) is 13.8 Å². The minimum Gasteiger partial charge on any atom is -0.454 e. The van der Waals surface area contributed by atoms with Gasteiger partial charge < -0.3 is 18.9 Å². The van der Waals surface area contributed by atoms with E-state index in [0.717, 1.165) is 23.5 Å². The largest absolute Gasteiger partial charge is 0.454 e. The van der Waals surface area contributed by atoms with Gasteiger partial charge in [-0.1, -0.05) is 45.2 Å². The summed E-state index contributed by atoms with van der Waals surface area (Å²) in [5.41, 5.74) is 0. The fraction of sp³-hybridized carbons (Fsp3) is 0.714. The molecule has 0 radical (unpaired) electrons. The first-order valence-electron chi connectivity index (χ1n) is 7.15. The summed E-state index contributed by atoms with van der Waals surface area (Å²) in [6.07, 6.45) is -0.933. The first kappa shape index (κ1) is 26.0. The SMILES string of the molecule is CSC(=O)O[C@@H](CI)[C@@H](OC(C)=O)[C@@H](OC(C)=O)[C@@H](CI)OC(=O)SC. The summed E-state index contributed by atoms with van der Waals surface area (Å²) in [4.78, 5) is 46.5. The number of carbonyl (C=O) groups is 4. The Balaban J connectivity index is 5.81. The molecule has 0 saturated heterocycles. The van der Waals surface area contributed by atoms with Crippen molar-refractivity contribution in [2.45, 2.75) is 38.3 Å². The molecule has 0 aromatic carbocycles. The third-order valence-electron chi connectivity index (χ3n) is 2.79. The summed E-state index contributed by atoms with van der Waals surface area (Å²) in [5.74, 6) is -1.30. The number of esters is 2. The summed E-state index contributed by atoms with van der Waals surface area (Å²) in [6.45, 7) is 2.37. The molecule has 0 bridgehead atoms. The van der Waals surface area contributed by atoms with Crippen LogP contribution >= 0.6 is 68.7 Å². The molecule has 0 aromatic heterocycles. The molecule has 4 atom stereocenters. The van der Waals surface area contributed by atoms with Gasteiger partial charge in [0, 0.05) is 22.7 Å². The molecule has 26 heavy (non-hydrogen) atoms. The lowest BCUT2D eigenvalue weighted by molar-refractivity contribution is -0.181. The molecule has 150 valence electrons. The van der Waals surface area contributed by atoms with Crippen molar-refractivity contribution in [2.75, 3.05) is 21.4 Å². The minimum absolute atomic E-state index is 0.268. The average Bonchev–Trinajstić information content (AvgIpc) is 2.59. The lowest BCUT2D eigenvalue weighted by Crippen LogP contribution is -2.52. The molecule has 0 saturated carbocycles. The van der Waals surface area contributed by atoms with Gasteiger partial charge in [0.1, 0.15) is 0 Å². The van der Waals surface area contributed by atoms with E-state index in [-0.39, 0.29) is 8.86 Å². The maximum Gasteiger partial charge on any atom is 0.367 e. The number of halogens is 2. The quantitative estimate of drug-likeness (QED) is 0.162. The fourth-order valence-corrected chi connectivity index (χ4v) is 3.61. The molecule has 0 aliphatic carbocycles. The van der Waals surface area contributed by atoms with Crippen molar-refractivity contribution in [1.29, 1.82) is 0 Å². The maximum absolute atomic E-state index is 11.7. The number of rotatable bonds is 9. The second kappa shape index (κ2) is 14.1. The molecule has 0 aliphatic rings. The molecule has 0 rings (SSSR count). The molecule has 0 amide bonds. The number of alkyl halides is 2. The van der Waals surface area contributed by atoms with E-state index < -0.39 is 47.0 Å². The van der Waals surface area contributed by atoms with Gasteiger partial charge in [-0.15, -0.1) is 0 Å². The predicted molar refractivity (Wildman–Crippen MR) is 116 cm³/mol. The zero-order chi connectivity index (χ0) is 20.3. The Morgan fingerprint density at radius 3 is 1.23 bits per heavy atom. The van der Waals surface area contributed by atoms with Crippen LogP contribution in [0.3, 0.4) is 0 Å². The monoisotopic (exact) mass is 634 g/mol. The molecular formula is C14H20I2O8S2. The van der Waals surface area contributed by atoms with E-state index in [4.69, 9.17) is 18.9 Å². The number of ether oxygens (including phenoxy) is 4. The van der Waals surface area contributed by atoms with E-state index in [1.807, 2.05) is 45.2 Å². The van der Waals surface area contributed by atoms with Gasteiger partial charge in [0.2, 0.25) is 0 Å². The van der Waals surface area contributed by atoms with Gasteiger partial charge in [-0.25, -0.2) is 9.59 Å². The third-order valence-corrected chi connectivity index (χ3v) is 5.39. The Labute approximate surface area is 187 Å². The predicted octanol–water partition coefficient (Wildman–Crippen LogP) is 3.46. The first-order valence-corrected chi connectivity index (χ1v) is 12.7. The first-order chi connectivity index (χ1) is 12.2. The average molecular weight is 634 g/mol. The van der Waals surface area contributed by atoms with Crippen molar-refractivity contribution in [3.05, 3.63) is 0 Å². The minimum atomic E-state index is -1.13. The molecular weight excluding hydrogens is 614 g/mol. The molecule has 0 unspecified atom stereocenters. The highest BCUT2D eigenvalue weighted by atomic mass is 127. The molecule has 0 fully saturated rings. The van der Waals surface area contributed by atoms with E-state index in [9.17, 15) is 19.2 Å². The second-order valence-electron chi connectivity index (χ2n) is 4.68. The van der Waals surface area contributed by atoms with Crippen LogP contribution in [0.4, 0.5) is 9.59 Å². The van der Waals surface area contributed by atoms with Crippen LogP contribution in [0.2, 0.25) is 0 Å². The van der Waals surface area contributed by atoms with Crippen LogP contribution in [0.5, 0.6) is 0 Å². The Hall–Kier alpha value is 0.0400. The topological polar surface area (TPSA) is 105 Å². The number of hydrogen-bond acceptors (Lipinski definition) is 10. The molecule has 0 aliphatic heterocycles. The van der Waals surface area contributed by atoms with E-state index >= 15 is 0 Å². The van der Waals surface area contributed by atoms with Crippen LogP contribution in [-0.4, -0.2) is 68.3 Å². The summed E-state index contributed by atoms with van der Waals surface area (Å²) in [6, 6.07) is 0. The molecule has 12 heteroatoms. The van der Waals surface area contributed by atoms with Crippen LogP contribution in [-0.2, 0) is 28.5 Å². The zero-order valence-electron chi connectivity index (χ0n) is 14.6. The Kier molecular flexibility index (Phi) is 14.1. The molecule has 0 spiro atoms. The van der Waals surface area contributed by atoms with Crippen LogP contribution in [0.25, 0.3) is 0 Å². The maximum atomic E-state index is 11.7. The summed E-state index contributed by atoms with van der Waals surface area (Å²) in [7, 11) is 0. The highest BCUT2D eigenvalue weighted by Gasteiger charge is 2.42. The zero-order valence-corrected chi connectivity index (χ0v) is 20.5. The van der Waals surface area contributed by atoms with Crippen molar-refractivity contribution in [3.63, 3.8) is 0 Å². The summed E-state index contributed by atoms with van der Waals surface area (Å²) >= 11 is 5.64. The molecule has 0 aromatic rings. The van der Waals surface area contributed by atoms with E-state index in [1.165, 1.54) is 13.8 Å². The van der Waals surface area contributed by atoms with Crippen molar-refractivity contribution in [1.82, 2.24) is 0 Å². The van der Waals surface area contributed by atoms with Gasteiger partial charge in [-0.05, 0) is 36.0 Å².